The highest BCUT2D eigenvalue weighted by Gasteiger charge is 2.33. The second kappa shape index (κ2) is 12.3. The molecule has 2 unspecified atom stereocenters. The molecule has 1 aromatic carbocycles. The molecule has 0 aliphatic carbocycles. The van der Waals surface area contributed by atoms with Gasteiger partial charge in [0.2, 0.25) is 0 Å². The molecule has 0 radical (unpaired) electrons. The molecule has 6 nitrogen and oxygen atoms in total. The van der Waals surface area contributed by atoms with Crippen molar-refractivity contribution in [3.8, 4) is 11.5 Å². The van der Waals surface area contributed by atoms with Crippen LogP contribution in [0.4, 0.5) is 0 Å². The largest absolute Gasteiger partial charge is 0.508 e. The van der Waals surface area contributed by atoms with Gasteiger partial charge in [-0.3, -0.25) is 9.59 Å². The molecule has 0 saturated heterocycles. The zero-order valence-electron chi connectivity index (χ0n) is 19.3. The molecule has 1 aromatic rings. The van der Waals surface area contributed by atoms with E-state index in [2.05, 4.69) is 0 Å². The van der Waals surface area contributed by atoms with Gasteiger partial charge in [0.1, 0.15) is 17.6 Å². The van der Waals surface area contributed by atoms with Crippen LogP contribution in [0, 0.1) is 0 Å². The second-order valence-corrected chi connectivity index (χ2v) is 8.53. The van der Waals surface area contributed by atoms with Crippen LogP contribution in [-0.2, 0) is 9.53 Å². The maximum absolute atomic E-state index is 12.3. The number of rotatable bonds is 12. The normalized spacial score (nSPS) is 14.5. The van der Waals surface area contributed by atoms with Crippen LogP contribution in [0.5, 0.6) is 11.5 Å². The van der Waals surface area contributed by atoms with Crippen molar-refractivity contribution in [1.29, 1.82) is 0 Å². The number of benzene rings is 1. The third kappa shape index (κ3) is 9.83. The molecule has 0 amide bonds. The summed E-state index contributed by atoms with van der Waals surface area (Å²) in [5.41, 5.74) is 1.25. The van der Waals surface area contributed by atoms with Gasteiger partial charge >= 0.3 is 5.97 Å². The van der Waals surface area contributed by atoms with E-state index in [-0.39, 0.29) is 29.3 Å². The number of allylic oxidation sites excluding steroid dienone is 4. The minimum absolute atomic E-state index is 0.0936. The van der Waals surface area contributed by atoms with E-state index >= 15 is 0 Å². The van der Waals surface area contributed by atoms with Crippen molar-refractivity contribution >= 4 is 11.8 Å². The van der Waals surface area contributed by atoms with Crippen molar-refractivity contribution in [2.24, 2.45) is 0 Å². The topological polar surface area (TPSA) is 104 Å². The number of hydrogen-bond acceptors (Lipinski definition) is 6. The highest BCUT2D eigenvalue weighted by molar-refractivity contribution is 5.98. The first-order chi connectivity index (χ1) is 14.4. The average Bonchev–Trinajstić information content (AvgIpc) is 2.64. The van der Waals surface area contributed by atoms with Gasteiger partial charge in [-0.1, -0.05) is 23.3 Å². The molecule has 2 atom stereocenters. The lowest BCUT2D eigenvalue weighted by molar-refractivity contribution is -0.162. The Hall–Kier alpha value is -2.60. The first-order valence-corrected chi connectivity index (χ1v) is 10.7. The fourth-order valence-corrected chi connectivity index (χ4v) is 3.31. The fourth-order valence-electron chi connectivity index (χ4n) is 3.31. The number of carbonyl (C=O) groups excluding carboxylic acids is 2. The quantitative estimate of drug-likeness (QED) is 0.238. The Labute approximate surface area is 185 Å². The molecule has 0 spiro atoms. The van der Waals surface area contributed by atoms with E-state index in [1.54, 1.807) is 6.92 Å². The Bertz CT molecular complexity index is 815. The van der Waals surface area contributed by atoms with Crippen molar-refractivity contribution in [2.45, 2.75) is 84.8 Å². The molecule has 172 valence electrons. The van der Waals surface area contributed by atoms with Crippen LogP contribution in [0.1, 0.15) is 83.5 Å². The summed E-state index contributed by atoms with van der Waals surface area (Å²) in [6.07, 6.45) is 6.40. The van der Waals surface area contributed by atoms with Crippen LogP contribution >= 0.6 is 0 Å². The minimum Gasteiger partial charge on any atom is -0.508 e. The summed E-state index contributed by atoms with van der Waals surface area (Å²) in [4.78, 5) is 23.8. The van der Waals surface area contributed by atoms with Gasteiger partial charge in [-0.05, 0) is 71.9 Å². The van der Waals surface area contributed by atoms with Gasteiger partial charge in [0, 0.05) is 19.4 Å². The van der Waals surface area contributed by atoms with Gasteiger partial charge in [0.25, 0.3) is 0 Å². The van der Waals surface area contributed by atoms with Crippen molar-refractivity contribution < 1.29 is 29.6 Å². The van der Waals surface area contributed by atoms with Crippen LogP contribution in [0.25, 0.3) is 0 Å². The van der Waals surface area contributed by atoms with E-state index < -0.39 is 17.7 Å². The summed E-state index contributed by atoms with van der Waals surface area (Å²) in [6, 6.07) is 3.92. The van der Waals surface area contributed by atoms with Gasteiger partial charge in [-0.2, -0.15) is 0 Å². The summed E-state index contributed by atoms with van der Waals surface area (Å²) in [5, 5.41) is 30.0. The van der Waals surface area contributed by atoms with Crippen molar-refractivity contribution in [3.05, 3.63) is 47.1 Å². The van der Waals surface area contributed by atoms with E-state index in [1.165, 1.54) is 24.6 Å². The second-order valence-electron chi connectivity index (χ2n) is 8.53. The fraction of sp³-hybridized carbons (Fsp3) is 0.520. The molecule has 0 fully saturated rings. The SMILES string of the molecule is CC(=O)OC(CC/C(C)=C/CCC(=O)c1ccc(O)cc1O)C(C)(O)CCC=C(C)C. The van der Waals surface area contributed by atoms with E-state index in [4.69, 9.17) is 4.74 Å². The molecule has 31 heavy (non-hydrogen) atoms. The number of esters is 1. The van der Waals surface area contributed by atoms with Crippen LogP contribution < -0.4 is 0 Å². The Morgan fingerprint density at radius 2 is 1.74 bits per heavy atom. The first-order valence-electron chi connectivity index (χ1n) is 10.7. The maximum Gasteiger partial charge on any atom is 0.303 e. The van der Waals surface area contributed by atoms with Gasteiger partial charge in [0.05, 0.1) is 11.2 Å². The number of phenols is 2. The van der Waals surface area contributed by atoms with Crippen molar-refractivity contribution in [3.63, 3.8) is 0 Å². The lowest BCUT2D eigenvalue weighted by Crippen LogP contribution is -2.42. The van der Waals surface area contributed by atoms with Gasteiger partial charge < -0.3 is 20.1 Å². The molecule has 0 saturated carbocycles. The summed E-state index contributed by atoms with van der Waals surface area (Å²) in [5.74, 6) is -0.955. The zero-order chi connectivity index (χ0) is 23.6. The molecular weight excluding hydrogens is 396 g/mol. The lowest BCUT2D eigenvalue weighted by Gasteiger charge is -2.32. The first kappa shape index (κ1) is 26.4. The third-order valence-corrected chi connectivity index (χ3v) is 5.15. The molecule has 6 heteroatoms. The summed E-state index contributed by atoms with van der Waals surface area (Å²) in [7, 11) is 0. The number of aliphatic hydroxyl groups is 1. The summed E-state index contributed by atoms with van der Waals surface area (Å²) >= 11 is 0. The van der Waals surface area contributed by atoms with Crippen LogP contribution in [0.3, 0.4) is 0 Å². The molecule has 0 heterocycles. The highest BCUT2D eigenvalue weighted by Crippen LogP contribution is 2.27. The Morgan fingerprint density at radius 1 is 1.06 bits per heavy atom. The smallest absolute Gasteiger partial charge is 0.303 e. The number of phenolic OH excluding ortho intramolecular Hbond substituents is 2. The maximum atomic E-state index is 12.3. The van der Waals surface area contributed by atoms with E-state index in [0.717, 1.165) is 11.6 Å². The average molecular weight is 433 g/mol. The number of ketones is 1. The Morgan fingerprint density at radius 3 is 2.32 bits per heavy atom. The number of carbonyl (C=O) groups is 2. The van der Waals surface area contributed by atoms with E-state index in [1.807, 2.05) is 32.9 Å². The van der Waals surface area contributed by atoms with Crippen LogP contribution in [0.15, 0.2) is 41.5 Å². The lowest BCUT2D eigenvalue weighted by atomic mass is 9.89. The number of ether oxygens (including phenoxy) is 1. The number of Topliss-reactive ketones (excluding diaryl/α,β-unsaturated/α-hetero) is 1. The highest BCUT2D eigenvalue weighted by atomic mass is 16.6. The molecule has 0 aromatic heterocycles. The Kier molecular flexibility index (Phi) is 10.5. The molecule has 0 bridgehead atoms. The standard InChI is InChI=1S/C25H36O6/c1-17(2)8-7-15-25(5,30)24(31-19(4)26)14-11-18(3)9-6-10-22(28)21-13-12-20(27)16-23(21)29/h8-9,12-13,16,24,27,29-30H,6-7,10-11,14-15H2,1-5H3/b18-9+. The minimum atomic E-state index is -1.13. The summed E-state index contributed by atoms with van der Waals surface area (Å²) in [6.45, 7) is 8.97. The molecule has 3 N–H and O–H groups in total. The zero-order valence-corrected chi connectivity index (χ0v) is 19.3. The predicted octanol–water partition coefficient (Wildman–Crippen LogP) is 5.22. The third-order valence-electron chi connectivity index (χ3n) is 5.15. The van der Waals surface area contributed by atoms with E-state index in [9.17, 15) is 24.9 Å². The molecule has 0 aliphatic heterocycles. The summed E-state index contributed by atoms with van der Waals surface area (Å²) < 4.78 is 5.41. The predicted molar refractivity (Wildman–Crippen MR) is 121 cm³/mol. The van der Waals surface area contributed by atoms with Crippen LogP contribution in [-0.4, -0.2) is 38.8 Å². The molecule has 0 aliphatic rings. The van der Waals surface area contributed by atoms with Crippen molar-refractivity contribution in [2.75, 3.05) is 0 Å². The molecule has 1 rings (SSSR count). The molecular formula is C25H36O6. The Balaban J connectivity index is 2.64. The van der Waals surface area contributed by atoms with Gasteiger partial charge in [-0.25, -0.2) is 0 Å². The monoisotopic (exact) mass is 432 g/mol. The van der Waals surface area contributed by atoms with Crippen LogP contribution in [0.2, 0.25) is 0 Å². The van der Waals surface area contributed by atoms with Gasteiger partial charge in [-0.15, -0.1) is 0 Å². The van der Waals surface area contributed by atoms with Gasteiger partial charge in [0.15, 0.2) is 5.78 Å². The number of hydrogen-bond donors (Lipinski definition) is 3. The van der Waals surface area contributed by atoms with Crippen molar-refractivity contribution in [1.82, 2.24) is 0 Å². The van der Waals surface area contributed by atoms with E-state index in [0.29, 0.717) is 32.1 Å². The number of aromatic hydroxyl groups is 2.